The monoisotopic (exact) mass is 402 g/mol. The molecule has 2 aromatic rings. The molecule has 0 aliphatic carbocycles. The molecule has 0 bridgehead atoms. The van der Waals surface area contributed by atoms with E-state index in [1.165, 1.54) is 5.56 Å². The predicted octanol–water partition coefficient (Wildman–Crippen LogP) is 4.13. The molecule has 1 heterocycles. The zero-order valence-electron chi connectivity index (χ0n) is 15.1. The van der Waals surface area contributed by atoms with Gasteiger partial charge in [0.2, 0.25) is 5.91 Å². The predicted molar refractivity (Wildman–Crippen MR) is 111 cm³/mol. The van der Waals surface area contributed by atoms with Gasteiger partial charge in [-0.1, -0.05) is 35.9 Å². The average Bonchev–Trinajstić information content (AvgIpc) is 3.06. The quantitative estimate of drug-likeness (QED) is 0.675. The Hall–Kier alpha value is -1.98. The first-order valence-corrected chi connectivity index (χ1v) is 10.6. The number of likely N-dealkylation sites (tertiary alicyclic amines) is 1. The number of hydrogen-bond donors (Lipinski definition) is 1. The van der Waals surface area contributed by atoms with Gasteiger partial charge in [0.15, 0.2) is 0 Å². The molecule has 0 radical (unpaired) electrons. The molecule has 0 aromatic heterocycles. The lowest BCUT2D eigenvalue weighted by Crippen LogP contribution is -2.26. The summed E-state index contributed by atoms with van der Waals surface area (Å²) in [6.45, 7) is 2.07. The van der Waals surface area contributed by atoms with Gasteiger partial charge in [-0.25, -0.2) is 0 Å². The second kappa shape index (κ2) is 9.81. The van der Waals surface area contributed by atoms with E-state index >= 15 is 0 Å². The van der Waals surface area contributed by atoms with Gasteiger partial charge in [0.1, 0.15) is 0 Å². The minimum absolute atomic E-state index is 0.0674. The molecular formula is C21H23ClN2O2S. The third kappa shape index (κ3) is 6.01. The smallest absolute Gasteiger partial charge is 0.251 e. The second-order valence-corrected chi connectivity index (χ2v) is 8.10. The fourth-order valence-electron chi connectivity index (χ4n) is 3.01. The Morgan fingerprint density at radius 1 is 1.15 bits per heavy atom. The summed E-state index contributed by atoms with van der Waals surface area (Å²) in [5, 5.41) is 3.69. The summed E-state index contributed by atoms with van der Waals surface area (Å²) in [5.74, 6) is 1.86. The molecule has 1 fully saturated rings. The van der Waals surface area contributed by atoms with Gasteiger partial charge in [-0.15, -0.1) is 0 Å². The molecule has 6 heteroatoms. The van der Waals surface area contributed by atoms with E-state index in [1.54, 1.807) is 11.8 Å². The van der Waals surface area contributed by atoms with Crippen LogP contribution in [0.1, 0.15) is 34.3 Å². The van der Waals surface area contributed by atoms with Crippen LogP contribution in [0, 0.1) is 0 Å². The van der Waals surface area contributed by atoms with Crippen LogP contribution in [0.3, 0.4) is 0 Å². The second-order valence-electron chi connectivity index (χ2n) is 6.55. The van der Waals surface area contributed by atoms with Crippen LogP contribution >= 0.6 is 23.4 Å². The highest BCUT2D eigenvalue weighted by Gasteiger charge is 2.19. The van der Waals surface area contributed by atoms with Gasteiger partial charge < -0.3 is 10.2 Å². The van der Waals surface area contributed by atoms with E-state index in [0.717, 1.165) is 35.1 Å². The lowest BCUT2D eigenvalue weighted by atomic mass is 10.1. The van der Waals surface area contributed by atoms with Gasteiger partial charge in [0.25, 0.3) is 5.91 Å². The van der Waals surface area contributed by atoms with Crippen LogP contribution in [0.15, 0.2) is 48.5 Å². The molecule has 1 aliphatic heterocycles. The maximum Gasteiger partial charge on any atom is 0.251 e. The number of amides is 2. The van der Waals surface area contributed by atoms with Crippen molar-refractivity contribution >= 4 is 35.2 Å². The van der Waals surface area contributed by atoms with Crippen molar-refractivity contribution in [3.05, 3.63) is 70.2 Å². The van der Waals surface area contributed by atoms with Gasteiger partial charge in [-0.3, -0.25) is 9.59 Å². The third-order valence-corrected chi connectivity index (χ3v) is 5.72. The number of rotatable bonds is 8. The van der Waals surface area contributed by atoms with Crippen LogP contribution in [-0.2, 0) is 17.1 Å². The molecule has 142 valence electrons. The number of carbonyl (C=O) groups is 2. The molecule has 2 aromatic carbocycles. The Kier molecular flexibility index (Phi) is 7.18. The van der Waals surface area contributed by atoms with E-state index in [-0.39, 0.29) is 11.8 Å². The topological polar surface area (TPSA) is 49.4 Å². The molecule has 4 nitrogen and oxygen atoms in total. The van der Waals surface area contributed by atoms with Gasteiger partial charge in [0, 0.05) is 48.1 Å². The number of benzene rings is 2. The SMILES string of the molecule is O=C(NCCSCc1cccc(Cl)c1)c1ccc(CN2CCCC2=O)cc1. The van der Waals surface area contributed by atoms with Crippen molar-refractivity contribution < 1.29 is 9.59 Å². The first-order chi connectivity index (χ1) is 13.1. The van der Waals surface area contributed by atoms with Crippen molar-refractivity contribution in [1.29, 1.82) is 0 Å². The molecule has 1 aliphatic rings. The maximum absolute atomic E-state index is 12.2. The highest BCUT2D eigenvalue weighted by atomic mass is 35.5. The summed E-state index contributed by atoms with van der Waals surface area (Å²) in [7, 11) is 0. The minimum atomic E-state index is -0.0674. The number of carbonyl (C=O) groups excluding carboxylic acids is 2. The Labute approximate surface area is 169 Å². The van der Waals surface area contributed by atoms with E-state index in [9.17, 15) is 9.59 Å². The van der Waals surface area contributed by atoms with Gasteiger partial charge >= 0.3 is 0 Å². The molecule has 27 heavy (non-hydrogen) atoms. The number of nitrogens with zero attached hydrogens (tertiary/aromatic N) is 1. The summed E-state index contributed by atoms with van der Waals surface area (Å²) < 4.78 is 0. The summed E-state index contributed by atoms with van der Waals surface area (Å²) in [6.07, 6.45) is 1.59. The van der Waals surface area contributed by atoms with Crippen LogP contribution in [0.2, 0.25) is 5.02 Å². The van der Waals surface area contributed by atoms with Crippen LogP contribution in [0.25, 0.3) is 0 Å². The number of hydrogen-bond acceptors (Lipinski definition) is 3. The van der Waals surface area contributed by atoms with Gasteiger partial charge in [-0.2, -0.15) is 11.8 Å². The summed E-state index contributed by atoms with van der Waals surface area (Å²) in [4.78, 5) is 25.8. The normalized spacial score (nSPS) is 13.8. The lowest BCUT2D eigenvalue weighted by Gasteiger charge is -2.15. The fraction of sp³-hybridized carbons (Fsp3) is 0.333. The van der Waals surface area contributed by atoms with Crippen LogP contribution < -0.4 is 5.32 Å². The highest BCUT2D eigenvalue weighted by Crippen LogP contribution is 2.17. The number of halogens is 1. The molecule has 3 rings (SSSR count). The molecule has 0 spiro atoms. The van der Waals surface area contributed by atoms with Gasteiger partial charge in [0.05, 0.1) is 0 Å². The van der Waals surface area contributed by atoms with E-state index in [1.807, 2.05) is 47.4 Å². The number of thioether (sulfide) groups is 1. The van der Waals surface area contributed by atoms with Crippen molar-refractivity contribution in [2.75, 3.05) is 18.8 Å². The van der Waals surface area contributed by atoms with Crippen molar-refractivity contribution in [2.24, 2.45) is 0 Å². The van der Waals surface area contributed by atoms with Crippen molar-refractivity contribution in [1.82, 2.24) is 10.2 Å². The van der Waals surface area contributed by atoms with Crippen LogP contribution in [0.5, 0.6) is 0 Å². The standard InChI is InChI=1S/C21H23ClN2O2S/c22-19-4-1-3-17(13-19)15-27-12-10-23-21(26)18-8-6-16(7-9-18)14-24-11-2-5-20(24)25/h1,3-4,6-9,13H,2,5,10-12,14-15H2,(H,23,26). The lowest BCUT2D eigenvalue weighted by molar-refractivity contribution is -0.128. The van der Waals surface area contributed by atoms with Crippen LogP contribution in [0.4, 0.5) is 0 Å². The van der Waals surface area contributed by atoms with E-state index in [2.05, 4.69) is 11.4 Å². The summed E-state index contributed by atoms with van der Waals surface area (Å²) >= 11 is 7.74. The molecule has 0 atom stereocenters. The molecular weight excluding hydrogens is 380 g/mol. The first-order valence-electron chi connectivity index (χ1n) is 9.09. The average molecular weight is 403 g/mol. The summed E-state index contributed by atoms with van der Waals surface area (Å²) in [5.41, 5.74) is 2.89. The number of nitrogens with one attached hydrogen (secondary N) is 1. The van der Waals surface area contributed by atoms with Crippen molar-refractivity contribution in [2.45, 2.75) is 25.1 Å². The molecule has 2 amide bonds. The minimum Gasteiger partial charge on any atom is -0.351 e. The maximum atomic E-state index is 12.2. The molecule has 0 unspecified atom stereocenters. The Bertz CT molecular complexity index is 795. The third-order valence-electron chi connectivity index (χ3n) is 4.45. The van der Waals surface area contributed by atoms with E-state index in [4.69, 9.17) is 11.6 Å². The van der Waals surface area contributed by atoms with Crippen molar-refractivity contribution in [3.63, 3.8) is 0 Å². The zero-order valence-corrected chi connectivity index (χ0v) is 16.7. The zero-order chi connectivity index (χ0) is 19.1. The largest absolute Gasteiger partial charge is 0.351 e. The molecule has 0 saturated carbocycles. The molecule has 1 N–H and O–H groups in total. The van der Waals surface area contributed by atoms with E-state index in [0.29, 0.717) is 25.1 Å². The Balaban J connectivity index is 1.38. The first kappa shape index (κ1) is 19.8. The van der Waals surface area contributed by atoms with Gasteiger partial charge in [-0.05, 0) is 41.8 Å². The Morgan fingerprint density at radius 3 is 2.67 bits per heavy atom. The van der Waals surface area contributed by atoms with Crippen LogP contribution in [-0.4, -0.2) is 35.6 Å². The highest BCUT2D eigenvalue weighted by molar-refractivity contribution is 7.98. The molecule has 1 saturated heterocycles. The Morgan fingerprint density at radius 2 is 1.96 bits per heavy atom. The fourth-order valence-corrected chi connectivity index (χ4v) is 4.03. The summed E-state index contributed by atoms with van der Waals surface area (Å²) in [6, 6.07) is 15.3. The van der Waals surface area contributed by atoms with E-state index < -0.39 is 0 Å². The van der Waals surface area contributed by atoms with Crippen molar-refractivity contribution in [3.8, 4) is 0 Å².